The van der Waals surface area contributed by atoms with Crippen LogP contribution < -0.4 is 5.38 Å². The molecule has 0 amide bonds. The number of hydrogen-bond acceptors (Lipinski definition) is 2. The van der Waals surface area contributed by atoms with Crippen molar-refractivity contribution in [3.8, 4) is 0 Å². The molecule has 2 aromatic heterocycles. The van der Waals surface area contributed by atoms with Crippen molar-refractivity contribution in [3.63, 3.8) is 0 Å². The van der Waals surface area contributed by atoms with Gasteiger partial charge in [0.2, 0.25) is 0 Å². The van der Waals surface area contributed by atoms with Crippen LogP contribution in [-0.2, 0) is 0 Å². The van der Waals surface area contributed by atoms with E-state index >= 15 is 0 Å². The van der Waals surface area contributed by atoms with Gasteiger partial charge in [-0.2, -0.15) is 0 Å². The summed E-state index contributed by atoms with van der Waals surface area (Å²) in [5.41, 5.74) is 0.616. The van der Waals surface area contributed by atoms with Crippen molar-refractivity contribution in [1.29, 1.82) is 0 Å². The van der Waals surface area contributed by atoms with Crippen molar-refractivity contribution in [2.24, 2.45) is 0 Å². The summed E-state index contributed by atoms with van der Waals surface area (Å²) in [6.07, 6.45) is 1.88. The first-order valence-electron chi connectivity index (χ1n) is 4.84. The first-order chi connectivity index (χ1) is 6.48. The molecule has 2 heterocycles. The summed E-state index contributed by atoms with van der Waals surface area (Å²) in [6, 6.07) is 3.93. The monoisotopic (exact) mass is 192 g/mol. The predicted octanol–water partition coefficient (Wildman–Crippen LogP) is 2.37. The van der Waals surface area contributed by atoms with E-state index in [0.29, 0.717) is 5.58 Å². The quantitative estimate of drug-likeness (QED) is 0.648. The Morgan fingerprint density at radius 1 is 1.46 bits per heavy atom. The number of rotatable bonds is 1. The lowest BCUT2D eigenvalue weighted by molar-refractivity contribution is 0.646. The Bertz CT molecular complexity index is 472. The van der Waals surface area contributed by atoms with Gasteiger partial charge in [-0.15, -0.1) is 0 Å². The molecule has 0 aliphatic heterocycles. The number of fused-ring (bicyclic) bond motifs is 1. The van der Waals surface area contributed by atoms with Crippen molar-refractivity contribution >= 4 is 24.4 Å². The highest BCUT2D eigenvalue weighted by atomic mass is 28.3. The zero-order chi connectivity index (χ0) is 10.3. The number of pyridine rings is 1. The van der Waals surface area contributed by atoms with E-state index in [1.165, 1.54) is 0 Å². The fourth-order valence-corrected chi connectivity index (χ4v) is 2.20. The topological polar surface area (TPSA) is 26.0 Å². The molecule has 0 radical (unpaired) electrons. The van der Waals surface area contributed by atoms with Gasteiger partial charge >= 0.3 is 0 Å². The number of aromatic nitrogens is 1. The van der Waals surface area contributed by atoms with Gasteiger partial charge in [-0.05, 0) is 12.1 Å². The molecular formula is C10H13NOSi. The molecule has 13 heavy (non-hydrogen) atoms. The van der Waals surface area contributed by atoms with Crippen molar-refractivity contribution < 1.29 is 5.79 Å². The fourth-order valence-electron chi connectivity index (χ4n) is 1.20. The van der Waals surface area contributed by atoms with Crippen LogP contribution in [0.4, 0.5) is 0 Å². The molecule has 0 N–H and O–H groups in total. The molecule has 2 nitrogen and oxygen atoms in total. The summed E-state index contributed by atoms with van der Waals surface area (Å²) in [5.74, 6) is 0. The second-order valence-electron chi connectivity index (χ2n) is 4.20. The number of furan rings is 1. The highest BCUT2D eigenvalue weighted by Crippen LogP contribution is 2.14. The average molecular weight is 192 g/mol. The summed E-state index contributed by atoms with van der Waals surface area (Å²) >= 11 is 0. The summed E-state index contributed by atoms with van der Waals surface area (Å²) < 4.78 is 13.3. The lowest BCUT2D eigenvalue weighted by Crippen LogP contribution is -2.36. The van der Waals surface area contributed by atoms with E-state index < -0.39 is 8.07 Å². The molecule has 0 spiro atoms. The maximum atomic E-state index is 7.59. The standard InChI is InChI=1S/C10H13NOSi/c1-13(2,3)10-6-8-4-5-11-7-9(8)12-10/h4-7H,1-3H3/i7D. The Morgan fingerprint density at radius 2 is 2.23 bits per heavy atom. The van der Waals surface area contributed by atoms with Crippen LogP contribution in [0.5, 0.6) is 0 Å². The summed E-state index contributed by atoms with van der Waals surface area (Å²) in [6.45, 7) is 6.67. The van der Waals surface area contributed by atoms with Crippen LogP contribution in [0.25, 0.3) is 11.0 Å². The SMILES string of the molecule is [2H]c1nccc2cc([Si](C)(C)C)oc12. The van der Waals surface area contributed by atoms with Gasteiger partial charge < -0.3 is 4.42 Å². The van der Waals surface area contributed by atoms with Crippen LogP contribution in [0.3, 0.4) is 0 Å². The smallest absolute Gasteiger partial charge is 0.151 e. The molecule has 0 aliphatic rings. The molecule has 0 saturated heterocycles. The van der Waals surface area contributed by atoms with Gasteiger partial charge in [0.25, 0.3) is 0 Å². The van der Waals surface area contributed by atoms with E-state index in [9.17, 15) is 0 Å². The van der Waals surface area contributed by atoms with Crippen LogP contribution in [0, 0.1) is 0 Å². The Kier molecular flexibility index (Phi) is 1.52. The zero-order valence-electron chi connectivity index (χ0n) is 9.09. The Morgan fingerprint density at radius 3 is 2.85 bits per heavy atom. The molecule has 3 heteroatoms. The first-order valence-corrected chi connectivity index (χ1v) is 7.84. The third-order valence-electron chi connectivity index (χ3n) is 1.99. The lowest BCUT2D eigenvalue weighted by Gasteiger charge is -2.10. The zero-order valence-corrected chi connectivity index (χ0v) is 9.09. The molecule has 2 aromatic rings. The van der Waals surface area contributed by atoms with Gasteiger partial charge in [-0.1, -0.05) is 19.6 Å². The van der Waals surface area contributed by atoms with Crippen LogP contribution in [-0.4, -0.2) is 13.1 Å². The van der Waals surface area contributed by atoms with Gasteiger partial charge in [0.1, 0.15) is 8.07 Å². The largest absolute Gasteiger partial charge is 0.465 e. The minimum absolute atomic E-state index is 0.229. The Labute approximate surface area is 80.0 Å². The molecule has 0 saturated carbocycles. The molecule has 68 valence electrons. The van der Waals surface area contributed by atoms with E-state index in [1.807, 2.05) is 12.1 Å². The third kappa shape index (κ3) is 1.51. The molecule has 2 rings (SSSR count). The molecule has 0 unspecified atom stereocenters. The van der Waals surface area contributed by atoms with Crippen molar-refractivity contribution in [3.05, 3.63) is 24.5 Å². The number of nitrogens with zero attached hydrogens (tertiary/aromatic N) is 1. The van der Waals surface area contributed by atoms with E-state index in [0.717, 1.165) is 10.8 Å². The van der Waals surface area contributed by atoms with E-state index in [1.54, 1.807) is 6.20 Å². The minimum atomic E-state index is -1.42. The number of hydrogen-bond donors (Lipinski definition) is 0. The molecule has 0 fully saturated rings. The third-order valence-corrected chi connectivity index (χ3v) is 3.72. The highest BCUT2D eigenvalue weighted by Gasteiger charge is 2.21. The summed E-state index contributed by atoms with van der Waals surface area (Å²) in [7, 11) is -1.42. The van der Waals surface area contributed by atoms with Crippen molar-refractivity contribution in [1.82, 2.24) is 4.98 Å². The van der Waals surface area contributed by atoms with Gasteiger partial charge in [0.05, 0.1) is 12.9 Å². The highest BCUT2D eigenvalue weighted by molar-refractivity contribution is 6.87. The Hall–Kier alpha value is -1.09. The van der Waals surface area contributed by atoms with Crippen molar-refractivity contribution in [2.45, 2.75) is 19.6 Å². The fraction of sp³-hybridized carbons (Fsp3) is 0.300. The van der Waals surface area contributed by atoms with E-state index in [-0.39, 0.29) is 6.17 Å². The predicted molar refractivity (Wildman–Crippen MR) is 57.0 cm³/mol. The van der Waals surface area contributed by atoms with Gasteiger partial charge in [-0.3, -0.25) is 4.98 Å². The van der Waals surface area contributed by atoms with Crippen LogP contribution >= 0.6 is 0 Å². The van der Waals surface area contributed by atoms with Gasteiger partial charge in [0.15, 0.2) is 5.58 Å². The van der Waals surface area contributed by atoms with Crippen LogP contribution in [0.1, 0.15) is 1.37 Å². The maximum Gasteiger partial charge on any atom is 0.151 e. The molecule has 0 aromatic carbocycles. The van der Waals surface area contributed by atoms with Gasteiger partial charge in [-0.25, -0.2) is 0 Å². The van der Waals surface area contributed by atoms with Crippen LogP contribution in [0.15, 0.2) is 28.9 Å². The second-order valence-corrected chi connectivity index (χ2v) is 9.19. The first kappa shape index (κ1) is 7.32. The second kappa shape index (κ2) is 2.70. The average Bonchev–Trinajstić information content (AvgIpc) is 2.48. The molecule has 0 atom stereocenters. The van der Waals surface area contributed by atoms with Crippen molar-refractivity contribution in [2.75, 3.05) is 0 Å². The van der Waals surface area contributed by atoms with Gasteiger partial charge in [0, 0.05) is 11.6 Å². The molecular weight excluding hydrogens is 178 g/mol. The lowest BCUT2D eigenvalue weighted by atomic mass is 10.3. The maximum absolute atomic E-state index is 7.59. The summed E-state index contributed by atoms with van der Waals surface area (Å²) in [5, 5.41) is 2.02. The molecule has 0 bridgehead atoms. The van der Waals surface area contributed by atoms with Crippen LogP contribution in [0.2, 0.25) is 19.6 Å². The minimum Gasteiger partial charge on any atom is -0.465 e. The molecule has 0 aliphatic carbocycles. The normalized spacial score (nSPS) is 13.3. The van der Waals surface area contributed by atoms with E-state index in [4.69, 9.17) is 5.79 Å². The Balaban J connectivity index is 2.69. The van der Waals surface area contributed by atoms with E-state index in [2.05, 4.69) is 24.6 Å². The summed E-state index contributed by atoms with van der Waals surface area (Å²) in [4.78, 5) is 3.89.